The van der Waals surface area contributed by atoms with Crippen LogP contribution in [0.25, 0.3) is 11.0 Å². The molecule has 0 aliphatic carbocycles. The van der Waals surface area contributed by atoms with E-state index in [0.29, 0.717) is 11.7 Å². The number of hydrogen-bond donors (Lipinski definition) is 2. The predicted molar refractivity (Wildman–Crippen MR) is 70.5 cm³/mol. The quantitative estimate of drug-likeness (QED) is 0.834. The molecular formula is C13H16N4O. The SMILES string of the molecule is Nc1nc2ccccc2nc1O[C@@H]1CCCNC1. The lowest BCUT2D eigenvalue weighted by Gasteiger charge is -2.23. The predicted octanol–water partition coefficient (Wildman–Crippen LogP) is 1.34. The van der Waals surface area contributed by atoms with Gasteiger partial charge in [-0.15, -0.1) is 0 Å². The number of para-hydroxylation sites is 2. The highest BCUT2D eigenvalue weighted by molar-refractivity contribution is 5.76. The van der Waals surface area contributed by atoms with Gasteiger partial charge in [0, 0.05) is 6.54 Å². The molecule has 1 atom stereocenters. The number of piperidine rings is 1. The fourth-order valence-corrected chi connectivity index (χ4v) is 2.16. The van der Waals surface area contributed by atoms with Crippen LogP contribution in [-0.2, 0) is 0 Å². The van der Waals surface area contributed by atoms with E-state index in [4.69, 9.17) is 10.5 Å². The maximum absolute atomic E-state index is 5.88. The van der Waals surface area contributed by atoms with Crippen LogP contribution in [0.4, 0.5) is 5.82 Å². The average Bonchev–Trinajstić information content (AvgIpc) is 2.41. The lowest BCUT2D eigenvalue weighted by Crippen LogP contribution is -2.37. The van der Waals surface area contributed by atoms with Crippen LogP contribution in [0.2, 0.25) is 0 Å². The fourth-order valence-electron chi connectivity index (χ4n) is 2.16. The number of nitrogens with zero attached hydrogens (tertiary/aromatic N) is 2. The average molecular weight is 244 g/mol. The van der Waals surface area contributed by atoms with E-state index >= 15 is 0 Å². The van der Waals surface area contributed by atoms with Crippen molar-refractivity contribution in [3.8, 4) is 5.88 Å². The first-order valence-corrected chi connectivity index (χ1v) is 6.22. The summed E-state index contributed by atoms with van der Waals surface area (Å²) in [6.45, 7) is 1.90. The molecule has 94 valence electrons. The highest BCUT2D eigenvalue weighted by Gasteiger charge is 2.17. The number of fused-ring (bicyclic) bond motifs is 1. The molecule has 2 aromatic rings. The van der Waals surface area contributed by atoms with Gasteiger partial charge in [-0.1, -0.05) is 12.1 Å². The van der Waals surface area contributed by atoms with Gasteiger partial charge in [-0.2, -0.15) is 0 Å². The van der Waals surface area contributed by atoms with E-state index < -0.39 is 0 Å². The van der Waals surface area contributed by atoms with Gasteiger partial charge in [-0.25, -0.2) is 9.97 Å². The minimum atomic E-state index is 0.136. The van der Waals surface area contributed by atoms with Gasteiger partial charge >= 0.3 is 0 Å². The van der Waals surface area contributed by atoms with E-state index in [1.807, 2.05) is 24.3 Å². The van der Waals surface area contributed by atoms with E-state index in [1.54, 1.807) is 0 Å². The number of nitrogens with two attached hydrogens (primary N) is 1. The summed E-state index contributed by atoms with van der Waals surface area (Å²) in [6, 6.07) is 7.65. The topological polar surface area (TPSA) is 73.1 Å². The number of benzene rings is 1. The molecule has 5 heteroatoms. The Kier molecular flexibility index (Phi) is 2.98. The molecule has 0 bridgehead atoms. The van der Waals surface area contributed by atoms with Crippen LogP contribution < -0.4 is 15.8 Å². The lowest BCUT2D eigenvalue weighted by molar-refractivity contribution is 0.161. The zero-order chi connectivity index (χ0) is 12.4. The Hall–Kier alpha value is -1.88. The van der Waals surface area contributed by atoms with Crippen molar-refractivity contribution in [2.24, 2.45) is 0 Å². The van der Waals surface area contributed by atoms with Crippen molar-refractivity contribution in [2.45, 2.75) is 18.9 Å². The largest absolute Gasteiger partial charge is 0.470 e. The van der Waals surface area contributed by atoms with Crippen molar-refractivity contribution in [1.82, 2.24) is 15.3 Å². The van der Waals surface area contributed by atoms with Crippen LogP contribution in [0, 0.1) is 0 Å². The normalized spacial score (nSPS) is 19.9. The minimum Gasteiger partial charge on any atom is -0.470 e. The summed E-state index contributed by atoms with van der Waals surface area (Å²) >= 11 is 0. The maximum atomic E-state index is 5.88. The van der Waals surface area contributed by atoms with Crippen LogP contribution >= 0.6 is 0 Å². The van der Waals surface area contributed by atoms with Crippen molar-refractivity contribution < 1.29 is 4.74 Å². The summed E-state index contributed by atoms with van der Waals surface area (Å²) in [6.07, 6.45) is 2.28. The highest BCUT2D eigenvalue weighted by Crippen LogP contribution is 2.22. The van der Waals surface area contributed by atoms with E-state index in [1.165, 1.54) is 0 Å². The Morgan fingerprint density at radius 2 is 2.00 bits per heavy atom. The van der Waals surface area contributed by atoms with E-state index in [-0.39, 0.29) is 6.10 Å². The molecule has 1 aliphatic rings. The standard InChI is InChI=1S/C13H16N4O/c14-12-13(18-9-4-3-7-15-8-9)17-11-6-2-1-5-10(11)16-12/h1-2,5-6,9,15H,3-4,7-8H2,(H2,14,16)/t9-/m1/s1. The Morgan fingerprint density at radius 1 is 1.22 bits per heavy atom. The molecule has 5 nitrogen and oxygen atoms in total. The van der Waals surface area contributed by atoms with E-state index in [0.717, 1.165) is 37.0 Å². The summed E-state index contributed by atoms with van der Waals surface area (Å²) in [7, 11) is 0. The Bertz CT molecular complexity index is 552. The van der Waals surface area contributed by atoms with Crippen molar-refractivity contribution in [3.05, 3.63) is 24.3 Å². The second kappa shape index (κ2) is 4.78. The molecule has 3 rings (SSSR count). The summed E-state index contributed by atoms with van der Waals surface area (Å²) in [5, 5.41) is 3.30. The third-order valence-electron chi connectivity index (χ3n) is 3.09. The van der Waals surface area contributed by atoms with Gasteiger partial charge in [0.2, 0.25) is 0 Å². The molecule has 0 radical (unpaired) electrons. The highest BCUT2D eigenvalue weighted by atomic mass is 16.5. The van der Waals surface area contributed by atoms with Gasteiger partial charge in [-0.05, 0) is 31.5 Å². The van der Waals surface area contributed by atoms with Crippen molar-refractivity contribution >= 4 is 16.9 Å². The van der Waals surface area contributed by atoms with Crippen LogP contribution in [0.3, 0.4) is 0 Å². The fraction of sp³-hybridized carbons (Fsp3) is 0.385. The van der Waals surface area contributed by atoms with Gasteiger partial charge in [0.05, 0.1) is 11.0 Å². The number of nitrogen functional groups attached to an aromatic ring is 1. The third kappa shape index (κ3) is 2.22. The zero-order valence-electron chi connectivity index (χ0n) is 10.1. The van der Waals surface area contributed by atoms with E-state index in [2.05, 4.69) is 15.3 Å². The molecule has 2 heterocycles. The number of anilines is 1. The van der Waals surface area contributed by atoms with Crippen molar-refractivity contribution in [3.63, 3.8) is 0 Å². The second-order valence-electron chi connectivity index (χ2n) is 4.49. The molecular weight excluding hydrogens is 228 g/mol. The van der Waals surface area contributed by atoms with Crippen LogP contribution in [0.5, 0.6) is 5.88 Å². The number of aromatic nitrogens is 2. The first kappa shape index (κ1) is 11.2. The van der Waals surface area contributed by atoms with Crippen molar-refractivity contribution in [1.29, 1.82) is 0 Å². The molecule has 0 saturated carbocycles. The summed E-state index contributed by atoms with van der Waals surface area (Å²) in [4.78, 5) is 8.74. The van der Waals surface area contributed by atoms with Gasteiger partial charge in [0.1, 0.15) is 6.10 Å². The smallest absolute Gasteiger partial charge is 0.258 e. The Balaban J connectivity index is 1.88. The lowest BCUT2D eigenvalue weighted by atomic mass is 10.1. The Morgan fingerprint density at radius 3 is 2.72 bits per heavy atom. The molecule has 3 N–H and O–H groups in total. The third-order valence-corrected chi connectivity index (χ3v) is 3.09. The van der Waals surface area contributed by atoms with Crippen molar-refractivity contribution in [2.75, 3.05) is 18.8 Å². The van der Waals surface area contributed by atoms with E-state index in [9.17, 15) is 0 Å². The van der Waals surface area contributed by atoms with Gasteiger partial charge in [0.15, 0.2) is 5.82 Å². The number of rotatable bonds is 2. The number of ether oxygens (including phenoxy) is 1. The molecule has 0 unspecified atom stereocenters. The minimum absolute atomic E-state index is 0.136. The van der Waals surface area contributed by atoms with Gasteiger partial charge in [-0.3, -0.25) is 0 Å². The molecule has 18 heavy (non-hydrogen) atoms. The number of hydrogen-bond acceptors (Lipinski definition) is 5. The zero-order valence-corrected chi connectivity index (χ0v) is 10.1. The van der Waals surface area contributed by atoms with Gasteiger partial charge < -0.3 is 15.8 Å². The molecule has 1 fully saturated rings. The van der Waals surface area contributed by atoms with Crippen LogP contribution in [0.15, 0.2) is 24.3 Å². The van der Waals surface area contributed by atoms with Crippen LogP contribution in [-0.4, -0.2) is 29.2 Å². The summed E-state index contributed by atoms with van der Waals surface area (Å²) in [5.41, 5.74) is 7.49. The number of nitrogens with one attached hydrogen (secondary N) is 1. The molecule has 0 spiro atoms. The summed E-state index contributed by atoms with van der Waals surface area (Å²) in [5.74, 6) is 0.807. The Labute approximate surface area is 105 Å². The van der Waals surface area contributed by atoms with Crippen LogP contribution in [0.1, 0.15) is 12.8 Å². The molecule has 1 aromatic heterocycles. The second-order valence-corrected chi connectivity index (χ2v) is 4.49. The maximum Gasteiger partial charge on any atom is 0.258 e. The van der Waals surface area contributed by atoms with Gasteiger partial charge in [0.25, 0.3) is 5.88 Å². The monoisotopic (exact) mass is 244 g/mol. The summed E-state index contributed by atoms with van der Waals surface area (Å²) < 4.78 is 5.83. The molecule has 1 aromatic carbocycles. The first-order chi connectivity index (χ1) is 8.83. The molecule has 1 aliphatic heterocycles. The first-order valence-electron chi connectivity index (χ1n) is 6.22. The molecule has 1 saturated heterocycles. The molecule has 0 amide bonds.